The second-order valence-corrected chi connectivity index (χ2v) is 13.3. The molecule has 2 aliphatic carbocycles. The molecule has 0 unspecified atom stereocenters. The minimum atomic E-state index is -3.22. The number of rotatable bonds is 7. The maximum absolute atomic E-state index is 12.6. The first-order valence-electron chi connectivity index (χ1n) is 13.3. The van der Waals surface area contributed by atoms with E-state index in [-0.39, 0.29) is 30.9 Å². The summed E-state index contributed by atoms with van der Waals surface area (Å²) in [5.74, 6) is 1.38. The van der Waals surface area contributed by atoms with Crippen LogP contribution in [0.1, 0.15) is 84.1 Å². The first kappa shape index (κ1) is 30.1. The van der Waals surface area contributed by atoms with E-state index in [9.17, 15) is 8.42 Å². The molecule has 0 aromatic carbocycles. The molecule has 2 aromatic rings. The summed E-state index contributed by atoms with van der Waals surface area (Å²) in [6, 6.07) is 1.20. The summed E-state index contributed by atoms with van der Waals surface area (Å²) in [5.41, 5.74) is 7.78. The zero-order valence-electron chi connectivity index (χ0n) is 21.8. The number of sulfonamides is 1. The average Bonchev–Trinajstić information content (AvgIpc) is 3.51. The number of nitrogens with one attached hydrogen (secondary N) is 2. The number of halogens is 2. The number of piperidine rings is 1. The van der Waals surface area contributed by atoms with Crippen molar-refractivity contribution in [2.75, 3.05) is 23.7 Å². The van der Waals surface area contributed by atoms with Crippen LogP contribution in [0.2, 0.25) is 0 Å². The van der Waals surface area contributed by atoms with Crippen molar-refractivity contribution in [2.45, 2.75) is 107 Å². The van der Waals surface area contributed by atoms with E-state index < -0.39 is 15.3 Å². The first-order valence-corrected chi connectivity index (χ1v) is 14.8. The number of aromatic nitrogens is 4. The molecule has 37 heavy (non-hydrogen) atoms. The Labute approximate surface area is 232 Å². The third-order valence-electron chi connectivity index (χ3n) is 7.99. The van der Waals surface area contributed by atoms with Gasteiger partial charge in [0.2, 0.25) is 16.0 Å². The standard InChI is InChI=1S/C24H40N8O2S.2ClH/c1-16(2)35(33,34)31-13-11-19(12-14-31)27-22-21-23(32(15-26-21)20-5-3-4-6-20)30-24(29-22)28-18-9-7-17(25)8-10-18;;/h15-20H,3-14,25H2,1-2H3,(H2,27,28,29,30);2*1H. The van der Waals surface area contributed by atoms with Gasteiger partial charge in [0.05, 0.1) is 11.6 Å². The molecule has 2 aromatic heterocycles. The highest BCUT2D eigenvalue weighted by Gasteiger charge is 2.31. The summed E-state index contributed by atoms with van der Waals surface area (Å²) >= 11 is 0. The van der Waals surface area contributed by atoms with Crippen LogP contribution < -0.4 is 16.4 Å². The van der Waals surface area contributed by atoms with Crippen LogP contribution in [0.3, 0.4) is 0 Å². The van der Waals surface area contributed by atoms with Crippen molar-refractivity contribution in [3.8, 4) is 0 Å². The lowest BCUT2D eigenvalue weighted by molar-refractivity contribution is 0.327. The number of fused-ring (bicyclic) bond motifs is 1. The predicted octanol–water partition coefficient (Wildman–Crippen LogP) is 4.08. The largest absolute Gasteiger partial charge is 0.365 e. The average molecular weight is 578 g/mol. The van der Waals surface area contributed by atoms with E-state index in [1.165, 1.54) is 12.8 Å². The van der Waals surface area contributed by atoms with E-state index in [4.69, 9.17) is 20.7 Å². The zero-order chi connectivity index (χ0) is 24.6. The van der Waals surface area contributed by atoms with E-state index in [1.807, 2.05) is 6.33 Å². The van der Waals surface area contributed by atoms with Crippen molar-refractivity contribution in [3.63, 3.8) is 0 Å². The van der Waals surface area contributed by atoms with Gasteiger partial charge in [-0.2, -0.15) is 9.97 Å². The minimum Gasteiger partial charge on any atom is -0.365 e. The molecule has 1 aliphatic heterocycles. The number of imidazole rings is 1. The number of hydrogen-bond acceptors (Lipinski definition) is 8. The van der Waals surface area contributed by atoms with Crippen LogP contribution in [0.5, 0.6) is 0 Å². The monoisotopic (exact) mass is 576 g/mol. The Morgan fingerprint density at radius 3 is 2.16 bits per heavy atom. The highest BCUT2D eigenvalue weighted by atomic mass is 35.5. The van der Waals surface area contributed by atoms with Gasteiger partial charge < -0.3 is 20.9 Å². The highest BCUT2D eigenvalue weighted by Crippen LogP contribution is 2.34. The van der Waals surface area contributed by atoms with Gasteiger partial charge in [0.1, 0.15) is 0 Å². The van der Waals surface area contributed by atoms with Gasteiger partial charge in [-0.25, -0.2) is 17.7 Å². The molecule has 13 heteroatoms. The molecule has 3 aliphatic rings. The Balaban J connectivity index is 0.00000190. The smallest absolute Gasteiger partial charge is 0.227 e. The quantitative estimate of drug-likeness (QED) is 0.449. The van der Waals surface area contributed by atoms with Crippen molar-refractivity contribution in [3.05, 3.63) is 6.33 Å². The Hall–Kier alpha value is -1.40. The topological polar surface area (TPSA) is 131 Å². The molecule has 5 rings (SSSR count). The van der Waals surface area contributed by atoms with Crippen molar-refractivity contribution in [1.29, 1.82) is 0 Å². The second-order valence-electron chi connectivity index (χ2n) is 10.8. The molecule has 0 amide bonds. The SMILES string of the molecule is CC(C)S(=O)(=O)N1CCC(Nc2nc(NC3CCC(N)CC3)nc3c2ncn3C2CCCC2)CC1.Cl.Cl. The molecule has 2 saturated carbocycles. The molecule has 3 heterocycles. The van der Waals surface area contributed by atoms with Crippen molar-refractivity contribution in [2.24, 2.45) is 5.73 Å². The van der Waals surface area contributed by atoms with E-state index >= 15 is 0 Å². The maximum Gasteiger partial charge on any atom is 0.227 e. The fourth-order valence-electron chi connectivity index (χ4n) is 5.72. The fraction of sp³-hybridized carbons (Fsp3) is 0.792. The van der Waals surface area contributed by atoms with Gasteiger partial charge in [-0.1, -0.05) is 12.8 Å². The molecule has 0 bridgehead atoms. The first-order chi connectivity index (χ1) is 16.8. The number of hydrogen-bond donors (Lipinski definition) is 3. The molecule has 0 radical (unpaired) electrons. The number of nitrogens with two attached hydrogens (primary N) is 1. The second kappa shape index (κ2) is 12.6. The minimum absolute atomic E-state index is 0. The highest BCUT2D eigenvalue weighted by molar-refractivity contribution is 7.89. The molecule has 4 N–H and O–H groups in total. The lowest BCUT2D eigenvalue weighted by Crippen LogP contribution is -2.45. The molecule has 10 nitrogen and oxygen atoms in total. The Bertz CT molecular complexity index is 1120. The van der Waals surface area contributed by atoms with Crippen molar-refractivity contribution in [1.82, 2.24) is 23.8 Å². The third kappa shape index (κ3) is 6.61. The van der Waals surface area contributed by atoms with Gasteiger partial charge in [-0.05, 0) is 65.2 Å². The van der Waals surface area contributed by atoms with Gasteiger partial charge in [0.25, 0.3) is 0 Å². The third-order valence-corrected chi connectivity index (χ3v) is 10.3. The van der Waals surface area contributed by atoms with Crippen LogP contribution in [0.15, 0.2) is 6.33 Å². The Morgan fingerprint density at radius 2 is 1.54 bits per heavy atom. The summed E-state index contributed by atoms with van der Waals surface area (Å²) in [5, 5.41) is 6.78. The number of anilines is 2. The van der Waals surface area contributed by atoms with E-state index in [0.29, 0.717) is 37.2 Å². The molecular formula is C24H42Cl2N8O2S. The fourth-order valence-corrected chi connectivity index (χ4v) is 7.04. The summed E-state index contributed by atoms with van der Waals surface area (Å²) in [7, 11) is -3.22. The van der Waals surface area contributed by atoms with Gasteiger partial charge in [0.15, 0.2) is 17.0 Å². The molecule has 210 valence electrons. The van der Waals surface area contributed by atoms with Crippen LogP contribution in [0.25, 0.3) is 11.2 Å². The Kier molecular flexibility index (Phi) is 10.3. The number of nitrogens with zero attached hydrogens (tertiary/aromatic N) is 5. The summed E-state index contributed by atoms with van der Waals surface area (Å²) in [4.78, 5) is 14.5. The lowest BCUT2D eigenvalue weighted by Gasteiger charge is -2.33. The predicted molar refractivity (Wildman–Crippen MR) is 153 cm³/mol. The van der Waals surface area contributed by atoms with E-state index in [2.05, 4.69) is 15.2 Å². The molecule has 0 atom stereocenters. The maximum atomic E-state index is 12.6. The molecule has 1 saturated heterocycles. The van der Waals surface area contributed by atoms with Gasteiger partial charge >= 0.3 is 0 Å². The normalized spacial score (nSPS) is 24.1. The van der Waals surface area contributed by atoms with Crippen LogP contribution in [-0.4, -0.2) is 68.7 Å². The van der Waals surface area contributed by atoms with Gasteiger partial charge in [-0.3, -0.25) is 0 Å². The Morgan fingerprint density at radius 1 is 0.919 bits per heavy atom. The van der Waals surface area contributed by atoms with Crippen LogP contribution in [-0.2, 0) is 10.0 Å². The molecule has 0 spiro atoms. The van der Waals surface area contributed by atoms with Crippen molar-refractivity contribution >= 4 is 57.8 Å². The summed E-state index contributed by atoms with van der Waals surface area (Å²) < 4.78 is 29.0. The summed E-state index contributed by atoms with van der Waals surface area (Å²) in [6.07, 6.45) is 12.3. The van der Waals surface area contributed by atoms with Gasteiger partial charge in [-0.15, -0.1) is 24.8 Å². The van der Waals surface area contributed by atoms with Crippen LogP contribution >= 0.6 is 24.8 Å². The summed E-state index contributed by atoms with van der Waals surface area (Å²) in [6.45, 7) is 4.53. The van der Waals surface area contributed by atoms with Crippen molar-refractivity contribution < 1.29 is 8.42 Å². The van der Waals surface area contributed by atoms with Crippen LogP contribution in [0, 0.1) is 0 Å². The lowest BCUT2D eigenvalue weighted by atomic mass is 9.92. The van der Waals surface area contributed by atoms with E-state index in [1.54, 1.807) is 18.2 Å². The molecular weight excluding hydrogens is 535 g/mol. The van der Waals surface area contributed by atoms with Gasteiger partial charge in [0, 0.05) is 37.3 Å². The zero-order valence-corrected chi connectivity index (χ0v) is 24.3. The van der Waals surface area contributed by atoms with E-state index in [0.717, 1.165) is 68.3 Å². The molecule has 3 fully saturated rings. The van der Waals surface area contributed by atoms with Crippen LogP contribution in [0.4, 0.5) is 11.8 Å².